The van der Waals surface area contributed by atoms with E-state index in [4.69, 9.17) is 0 Å². The van der Waals surface area contributed by atoms with Gasteiger partial charge in [0.15, 0.2) is 0 Å². The van der Waals surface area contributed by atoms with Gasteiger partial charge in [-0.2, -0.15) is 0 Å². The number of rotatable bonds is 5. The summed E-state index contributed by atoms with van der Waals surface area (Å²) in [5.74, 6) is 3.35. The van der Waals surface area contributed by atoms with E-state index in [1.165, 1.54) is 19.4 Å². The lowest BCUT2D eigenvalue weighted by molar-refractivity contribution is -0.0569. The molecule has 0 radical (unpaired) electrons. The van der Waals surface area contributed by atoms with Crippen LogP contribution in [-0.2, 0) is 0 Å². The Labute approximate surface area is 107 Å². The van der Waals surface area contributed by atoms with E-state index < -0.39 is 0 Å². The first-order chi connectivity index (χ1) is 8.19. The van der Waals surface area contributed by atoms with E-state index in [9.17, 15) is 0 Å². The van der Waals surface area contributed by atoms with E-state index in [1.807, 2.05) is 0 Å². The van der Waals surface area contributed by atoms with E-state index in [2.05, 4.69) is 19.2 Å². The first kappa shape index (κ1) is 12.0. The van der Waals surface area contributed by atoms with Crippen LogP contribution in [0.1, 0.15) is 65.2 Å². The third-order valence-corrected chi connectivity index (χ3v) is 5.93. The van der Waals surface area contributed by atoms with Gasteiger partial charge in [-0.15, -0.1) is 0 Å². The molecule has 0 aliphatic heterocycles. The molecule has 4 rings (SSSR count). The summed E-state index contributed by atoms with van der Waals surface area (Å²) in [6, 6.07) is 0.712. The summed E-state index contributed by atoms with van der Waals surface area (Å²) >= 11 is 0. The van der Waals surface area contributed by atoms with Crippen molar-refractivity contribution in [1.82, 2.24) is 5.32 Å². The molecule has 4 saturated carbocycles. The summed E-state index contributed by atoms with van der Waals surface area (Å²) in [4.78, 5) is 0. The monoisotopic (exact) mass is 235 g/mol. The molecule has 1 N–H and O–H groups in total. The lowest BCUT2D eigenvalue weighted by atomic mass is 9.49. The molecule has 1 atom stereocenters. The molecular formula is C16H29N. The third-order valence-electron chi connectivity index (χ3n) is 5.93. The van der Waals surface area contributed by atoms with Gasteiger partial charge in [-0.3, -0.25) is 0 Å². The minimum atomic E-state index is 0.712. The second-order valence-electron chi connectivity index (χ2n) is 7.43. The summed E-state index contributed by atoms with van der Waals surface area (Å²) in [6.45, 7) is 5.86. The van der Waals surface area contributed by atoms with Crippen LogP contribution in [0.5, 0.6) is 0 Å². The summed E-state index contributed by atoms with van der Waals surface area (Å²) in [7, 11) is 0. The van der Waals surface area contributed by atoms with E-state index in [1.54, 1.807) is 38.5 Å². The molecule has 1 heteroatoms. The smallest absolute Gasteiger partial charge is 0.00361 e. The number of hydrogen-bond acceptors (Lipinski definition) is 1. The van der Waals surface area contributed by atoms with E-state index in [0.717, 1.165) is 23.2 Å². The summed E-state index contributed by atoms with van der Waals surface area (Å²) in [5, 5.41) is 3.71. The average Bonchev–Trinajstić information content (AvgIpc) is 2.26. The molecule has 4 aliphatic rings. The Kier molecular flexibility index (Phi) is 3.23. The van der Waals surface area contributed by atoms with Crippen molar-refractivity contribution in [3.8, 4) is 0 Å². The Hall–Kier alpha value is -0.0400. The molecule has 4 bridgehead atoms. The minimum Gasteiger partial charge on any atom is -0.314 e. The van der Waals surface area contributed by atoms with E-state index in [0.29, 0.717) is 6.04 Å². The predicted molar refractivity (Wildman–Crippen MR) is 73.0 cm³/mol. The second kappa shape index (κ2) is 4.57. The maximum atomic E-state index is 3.71. The molecule has 0 aromatic heterocycles. The molecule has 0 spiro atoms. The van der Waals surface area contributed by atoms with E-state index >= 15 is 0 Å². The highest BCUT2D eigenvalue weighted by atomic mass is 14.9. The van der Waals surface area contributed by atoms with Crippen LogP contribution in [0.4, 0.5) is 0 Å². The van der Waals surface area contributed by atoms with Gasteiger partial charge in [0.25, 0.3) is 0 Å². The van der Waals surface area contributed by atoms with Crippen LogP contribution in [0.3, 0.4) is 0 Å². The molecule has 1 nitrogen and oxygen atoms in total. The Bertz CT molecular complexity index is 235. The molecule has 17 heavy (non-hydrogen) atoms. The van der Waals surface area contributed by atoms with Crippen molar-refractivity contribution in [2.24, 2.45) is 23.2 Å². The number of hydrogen-bond donors (Lipinski definition) is 1. The van der Waals surface area contributed by atoms with Crippen molar-refractivity contribution >= 4 is 0 Å². The van der Waals surface area contributed by atoms with Gasteiger partial charge in [0, 0.05) is 6.04 Å². The van der Waals surface area contributed by atoms with Crippen molar-refractivity contribution < 1.29 is 0 Å². The highest BCUT2D eigenvalue weighted by Crippen LogP contribution is 2.61. The standard InChI is InChI=1S/C16H29N/c1-3-12(2)17-5-4-16-9-13-6-14(10-16)8-15(7-13)11-16/h12-15,17H,3-11H2,1-2H3. The molecule has 4 fully saturated rings. The number of nitrogens with one attached hydrogen (secondary N) is 1. The normalized spacial score (nSPS) is 45.2. The Balaban J connectivity index is 1.55. The molecule has 4 aliphatic carbocycles. The molecule has 0 amide bonds. The zero-order valence-corrected chi connectivity index (χ0v) is 11.7. The zero-order valence-electron chi connectivity index (χ0n) is 11.7. The van der Waals surface area contributed by atoms with E-state index in [-0.39, 0.29) is 0 Å². The first-order valence-electron chi connectivity index (χ1n) is 7.92. The highest BCUT2D eigenvalue weighted by Gasteiger charge is 2.50. The largest absolute Gasteiger partial charge is 0.314 e. The van der Waals surface area contributed by atoms with Crippen molar-refractivity contribution in [2.75, 3.05) is 6.54 Å². The fourth-order valence-electron chi connectivity index (χ4n) is 5.32. The first-order valence-corrected chi connectivity index (χ1v) is 7.92. The van der Waals surface area contributed by atoms with Gasteiger partial charge in [-0.1, -0.05) is 6.92 Å². The fourth-order valence-corrected chi connectivity index (χ4v) is 5.32. The Morgan fingerprint density at radius 2 is 1.59 bits per heavy atom. The summed E-state index contributed by atoms with van der Waals surface area (Å²) in [6.07, 6.45) is 12.2. The van der Waals surface area contributed by atoms with Gasteiger partial charge in [0.1, 0.15) is 0 Å². The average molecular weight is 235 g/mol. The predicted octanol–water partition coefficient (Wildman–Crippen LogP) is 3.98. The molecule has 0 aromatic rings. The van der Waals surface area contributed by atoms with Gasteiger partial charge in [-0.25, -0.2) is 0 Å². The topological polar surface area (TPSA) is 12.0 Å². The minimum absolute atomic E-state index is 0.712. The van der Waals surface area contributed by atoms with Gasteiger partial charge in [0.05, 0.1) is 0 Å². The maximum absolute atomic E-state index is 3.71. The quantitative estimate of drug-likeness (QED) is 0.760. The van der Waals surface area contributed by atoms with Crippen molar-refractivity contribution in [1.29, 1.82) is 0 Å². The molecule has 0 heterocycles. The summed E-state index contributed by atoms with van der Waals surface area (Å²) < 4.78 is 0. The molecular weight excluding hydrogens is 206 g/mol. The molecule has 98 valence electrons. The van der Waals surface area contributed by atoms with Crippen LogP contribution in [0.25, 0.3) is 0 Å². The van der Waals surface area contributed by atoms with Crippen molar-refractivity contribution in [3.63, 3.8) is 0 Å². The molecule has 1 unspecified atom stereocenters. The van der Waals surface area contributed by atoms with Gasteiger partial charge < -0.3 is 5.32 Å². The van der Waals surface area contributed by atoms with Crippen LogP contribution >= 0.6 is 0 Å². The fraction of sp³-hybridized carbons (Fsp3) is 1.00. The molecule has 0 saturated heterocycles. The van der Waals surface area contributed by atoms with Gasteiger partial charge in [-0.05, 0) is 88.0 Å². The highest BCUT2D eigenvalue weighted by molar-refractivity contribution is 5.01. The SMILES string of the molecule is CCC(C)NCCC12CC3CC(CC(C3)C1)C2. The Morgan fingerprint density at radius 1 is 1.06 bits per heavy atom. The molecule has 0 aromatic carbocycles. The van der Waals surface area contributed by atoms with Gasteiger partial charge in [0.2, 0.25) is 0 Å². The van der Waals surface area contributed by atoms with Crippen LogP contribution in [-0.4, -0.2) is 12.6 Å². The third kappa shape index (κ3) is 2.41. The van der Waals surface area contributed by atoms with Crippen LogP contribution in [0.15, 0.2) is 0 Å². The van der Waals surface area contributed by atoms with Crippen LogP contribution in [0, 0.1) is 23.2 Å². The van der Waals surface area contributed by atoms with Crippen LogP contribution < -0.4 is 5.32 Å². The van der Waals surface area contributed by atoms with Gasteiger partial charge >= 0.3 is 0 Å². The second-order valence-corrected chi connectivity index (χ2v) is 7.43. The lowest BCUT2D eigenvalue weighted by Gasteiger charge is -2.57. The van der Waals surface area contributed by atoms with Crippen LogP contribution in [0.2, 0.25) is 0 Å². The zero-order chi connectivity index (χ0) is 11.9. The van der Waals surface area contributed by atoms with Crippen molar-refractivity contribution in [3.05, 3.63) is 0 Å². The Morgan fingerprint density at radius 3 is 2.06 bits per heavy atom. The van der Waals surface area contributed by atoms with Crippen molar-refractivity contribution in [2.45, 2.75) is 71.3 Å². The lowest BCUT2D eigenvalue weighted by Crippen LogP contribution is -2.47. The summed E-state index contributed by atoms with van der Waals surface area (Å²) in [5.41, 5.74) is 0.773. The maximum Gasteiger partial charge on any atom is 0.00361 e.